The van der Waals surface area contributed by atoms with Gasteiger partial charge in [0.25, 0.3) is 0 Å². The summed E-state index contributed by atoms with van der Waals surface area (Å²) in [6.07, 6.45) is 2.06. The van der Waals surface area contributed by atoms with Crippen LogP contribution in [-0.4, -0.2) is 35.5 Å². The molecule has 0 aliphatic carbocycles. The van der Waals surface area contributed by atoms with Gasteiger partial charge in [0.2, 0.25) is 11.8 Å². The number of rotatable bonds is 9. The van der Waals surface area contributed by atoms with Crippen molar-refractivity contribution >= 4 is 11.8 Å². The Balaban J connectivity index is 1.81. The third-order valence-corrected chi connectivity index (χ3v) is 5.53. The molecule has 0 aliphatic heterocycles. The highest BCUT2D eigenvalue weighted by Gasteiger charge is 2.22. The van der Waals surface area contributed by atoms with Gasteiger partial charge in [0.05, 0.1) is 6.04 Å². The minimum absolute atomic E-state index is 0.226. The molecular formula is C24H33N3O3. The molecule has 0 fully saturated rings. The Kier molecular flexibility index (Phi) is 8.42. The standard InChI is InChI=1S/C24H33N3O3/c1-15-13-22(28)17(3)16(2)20(15)14-21(25)24(30)27-18(4)23(29)26-12-8-11-19-9-6-5-7-10-19/h5-7,9-10,13,18,21,28H,8,11-12,14,25H2,1-4H3,(H,26,29)(H,27,30)/t18-,21?/m1/s1. The normalized spacial score (nSPS) is 12.8. The molecule has 0 bridgehead atoms. The molecular weight excluding hydrogens is 378 g/mol. The first kappa shape index (κ1) is 23.4. The van der Waals surface area contributed by atoms with E-state index in [1.807, 2.05) is 39.0 Å². The monoisotopic (exact) mass is 411 g/mol. The zero-order valence-corrected chi connectivity index (χ0v) is 18.3. The van der Waals surface area contributed by atoms with Gasteiger partial charge >= 0.3 is 0 Å². The molecule has 0 saturated carbocycles. The van der Waals surface area contributed by atoms with Crippen LogP contribution in [0.25, 0.3) is 0 Å². The molecule has 6 nitrogen and oxygen atoms in total. The van der Waals surface area contributed by atoms with Crippen LogP contribution in [0.2, 0.25) is 0 Å². The fourth-order valence-electron chi connectivity index (χ4n) is 3.43. The molecule has 30 heavy (non-hydrogen) atoms. The maximum absolute atomic E-state index is 12.5. The average Bonchev–Trinajstić information content (AvgIpc) is 2.73. The van der Waals surface area contributed by atoms with Gasteiger partial charge in [0.1, 0.15) is 11.8 Å². The van der Waals surface area contributed by atoms with Gasteiger partial charge in [-0.15, -0.1) is 0 Å². The first-order valence-corrected chi connectivity index (χ1v) is 10.4. The van der Waals surface area contributed by atoms with Gasteiger partial charge in [-0.2, -0.15) is 0 Å². The van der Waals surface area contributed by atoms with Gasteiger partial charge < -0.3 is 21.5 Å². The van der Waals surface area contributed by atoms with E-state index >= 15 is 0 Å². The van der Waals surface area contributed by atoms with E-state index in [9.17, 15) is 14.7 Å². The molecule has 1 unspecified atom stereocenters. The molecule has 0 aliphatic rings. The predicted octanol–water partition coefficient (Wildman–Crippen LogP) is 2.44. The Morgan fingerprint density at radius 2 is 1.73 bits per heavy atom. The fraction of sp³-hybridized carbons (Fsp3) is 0.417. The predicted molar refractivity (Wildman–Crippen MR) is 119 cm³/mol. The molecule has 2 rings (SSSR count). The summed E-state index contributed by atoms with van der Waals surface area (Å²) in [6, 6.07) is 10.3. The van der Waals surface area contributed by atoms with Crippen molar-refractivity contribution in [2.75, 3.05) is 6.54 Å². The largest absolute Gasteiger partial charge is 0.508 e. The van der Waals surface area contributed by atoms with E-state index < -0.39 is 12.1 Å². The number of hydrogen-bond acceptors (Lipinski definition) is 4. The van der Waals surface area contributed by atoms with Crippen LogP contribution in [0.4, 0.5) is 0 Å². The number of phenolic OH excluding ortho intramolecular Hbond substituents is 1. The number of carbonyl (C=O) groups excluding carboxylic acids is 2. The van der Waals surface area contributed by atoms with Gasteiger partial charge in [-0.25, -0.2) is 0 Å². The van der Waals surface area contributed by atoms with Crippen LogP contribution in [0.15, 0.2) is 36.4 Å². The summed E-state index contributed by atoms with van der Waals surface area (Å²) in [7, 11) is 0. The van der Waals surface area contributed by atoms with Crippen molar-refractivity contribution in [2.24, 2.45) is 5.73 Å². The first-order valence-electron chi connectivity index (χ1n) is 10.4. The number of nitrogens with two attached hydrogens (primary N) is 1. The molecule has 0 heterocycles. The summed E-state index contributed by atoms with van der Waals surface area (Å²) in [5, 5.41) is 15.5. The van der Waals surface area contributed by atoms with Gasteiger partial charge in [0, 0.05) is 6.54 Å². The Bertz CT molecular complexity index is 881. The molecule has 2 aromatic carbocycles. The highest BCUT2D eigenvalue weighted by atomic mass is 16.3. The molecule has 162 valence electrons. The minimum atomic E-state index is -0.778. The number of phenols is 1. The van der Waals surface area contributed by atoms with Crippen LogP contribution >= 0.6 is 0 Å². The van der Waals surface area contributed by atoms with E-state index in [1.165, 1.54) is 5.56 Å². The molecule has 2 aromatic rings. The Labute approximate surface area is 178 Å². The third kappa shape index (κ3) is 6.32. The number of benzene rings is 2. The second-order valence-corrected chi connectivity index (χ2v) is 7.86. The van der Waals surface area contributed by atoms with E-state index in [-0.39, 0.29) is 17.6 Å². The van der Waals surface area contributed by atoms with Crippen LogP contribution in [0.3, 0.4) is 0 Å². The third-order valence-electron chi connectivity index (χ3n) is 5.53. The summed E-state index contributed by atoms with van der Waals surface area (Å²) in [4.78, 5) is 24.8. The average molecular weight is 412 g/mol. The minimum Gasteiger partial charge on any atom is -0.508 e. The Morgan fingerprint density at radius 3 is 2.40 bits per heavy atom. The molecule has 0 radical (unpaired) electrons. The van der Waals surface area contributed by atoms with E-state index in [2.05, 4.69) is 22.8 Å². The summed E-state index contributed by atoms with van der Waals surface area (Å²) < 4.78 is 0. The molecule has 2 atom stereocenters. The molecule has 0 aromatic heterocycles. The van der Waals surface area contributed by atoms with Gasteiger partial charge in [0.15, 0.2) is 0 Å². The smallest absolute Gasteiger partial charge is 0.242 e. The maximum atomic E-state index is 12.5. The van der Waals surface area contributed by atoms with Crippen LogP contribution in [-0.2, 0) is 22.4 Å². The van der Waals surface area contributed by atoms with E-state index in [0.29, 0.717) is 13.0 Å². The van der Waals surface area contributed by atoms with Gasteiger partial charge in [-0.3, -0.25) is 9.59 Å². The number of amides is 2. The lowest BCUT2D eigenvalue weighted by atomic mass is 9.92. The quantitative estimate of drug-likeness (QED) is 0.476. The van der Waals surface area contributed by atoms with Gasteiger partial charge in [-0.05, 0) is 80.8 Å². The highest BCUT2D eigenvalue weighted by Crippen LogP contribution is 2.27. The van der Waals surface area contributed by atoms with Crippen molar-refractivity contribution in [1.82, 2.24) is 10.6 Å². The topological polar surface area (TPSA) is 104 Å². The van der Waals surface area contributed by atoms with E-state index in [4.69, 9.17) is 5.73 Å². The van der Waals surface area contributed by atoms with Gasteiger partial charge in [-0.1, -0.05) is 30.3 Å². The van der Waals surface area contributed by atoms with Crippen molar-refractivity contribution < 1.29 is 14.7 Å². The van der Waals surface area contributed by atoms with Crippen molar-refractivity contribution in [2.45, 2.75) is 59.0 Å². The zero-order valence-electron chi connectivity index (χ0n) is 18.3. The second kappa shape index (κ2) is 10.8. The lowest BCUT2D eigenvalue weighted by Gasteiger charge is -2.20. The van der Waals surface area contributed by atoms with Crippen LogP contribution in [0, 0.1) is 20.8 Å². The van der Waals surface area contributed by atoms with E-state index in [0.717, 1.165) is 35.1 Å². The lowest BCUT2D eigenvalue weighted by molar-refractivity contribution is -0.129. The number of nitrogens with one attached hydrogen (secondary N) is 2. The Hall–Kier alpha value is -2.86. The number of aryl methyl sites for hydroxylation is 2. The number of aromatic hydroxyl groups is 1. The molecule has 2 amide bonds. The van der Waals surface area contributed by atoms with Crippen molar-refractivity contribution in [3.05, 3.63) is 64.2 Å². The van der Waals surface area contributed by atoms with Crippen molar-refractivity contribution in [1.29, 1.82) is 0 Å². The maximum Gasteiger partial charge on any atom is 0.242 e. The fourth-order valence-corrected chi connectivity index (χ4v) is 3.43. The van der Waals surface area contributed by atoms with Crippen LogP contribution in [0.5, 0.6) is 5.75 Å². The van der Waals surface area contributed by atoms with Crippen molar-refractivity contribution in [3.8, 4) is 5.75 Å². The molecule has 6 heteroatoms. The lowest BCUT2D eigenvalue weighted by Crippen LogP contribution is -2.51. The SMILES string of the molecule is Cc1cc(O)c(C)c(C)c1CC(N)C(=O)N[C@H](C)C(=O)NCCCc1ccccc1. The number of carbonyl (C=O) groups is 2. The van der Waals surface area contributed by atoms with Crippen molar-refractivity contribution in [3.63, 3.8) is 0 Å². The molecule has 0 saturated heterocycles. The second-order valence-electron chi connectivity index (χ2n) is 7.86. The summed E-state index contributed by atoms with van der Waals surface area (Å²) in [5.41, 5.74) is 10.9. The van der Waals surface area contributed by atoms with E-state index in [1.54, 1.807) is 13.0 Å². The number of hydrogen-bond donors (Lipinski definition) is 4. The van der Waals surface area contributed by atoms with Crippen LogP contribution < -0.4 is 16.4 Å². The summed E-state index contributed by atoms with van der Waals surface area (Å²) >= 11 is 0. The summed E-state index contributed by atoms with van der Waals surface area (Å²) in [5.74, 6) is -0.354. The molecule has 5 N–H and O–H groups in total. The molecule has 0 spiro atoms. The summed E-state index contributed by atoms with van der Waals surface area (Å²) in [6.45, 7) is 7.83. The Morgan fingerprint density at radius 1 is 1.07 bits per heavy atom. The first-order chi connectivity index (χ1) is 14.2. The zero-order chi connectivity index (χ0) is 22.3. The van der Waals surface area contributed by atoms with Crippen LogP contribution in [0.1, 0.15) is 41.2 Å². The highest BCUT2D eigenvalue weighted by molar-refractivity contribution is 5.89.